The van der Waals surface area contributed by atoms with Crippen LogP contribution in [0.15, 0.2) is 30.3 Å². The number of H-pyrrole nitrogens is 1. The summed E-state index contributed by atoms with van der Waals surface area (Å²) in [5.41, 5.74) is 1.42. The number of nitrogens with zero attached hydrogens (tertiary/aromatic N) is 4. The average molecular weight is 339 g/mol. The standard InChI is InChI=1S/C19H25N5O/c1-3-17(25)24-12-19(13-24)11-23(9-15-7-5-4-6-8-15)10-16(19)18-20-14(2)21-22-18/h4-8,16H,3,9-13H2,1-2H3,(H,20,21,22). The molecule has 0 radical (unpaired) electrons. The lowest BCUT2D eigenvalue weighted by atomic mass is 9.71. The molecule has 1 atom stereocenters. The Morgan fingerprint density at radius 1 is 1.28 bits per heavy atom. The monoisotopic (exact) mass is 339 g/mol. The first-order chi connectivity index (χ1) is 12.1. The zero-order valence-corrected chi connectivity index (χ0v) is 14.9. The number of aromatic amines is 1. The summed E-state index contributed by atoms with van der Waals surface area (Å²) in [7, 11) is 0. The number of amides is 1. The molecule has 2 aliphatic heterocycles. The lowest BCUT2D eigenvalue weighted by Crippen LogP contribution is -2.61. The molecule has 1 aromatic carbocycles. The first kappa shape index (κ1) is 16.3. The van der Waals surface area contributed by atoms with Crippen LogP contribution in [0.1, 0.15) is 36.5 Å². The Labute approximate surface area is 148 Å². The topological polar surface area (TPSA) is 65.1 Å². The van der Waals surface area contributed by atoms with Crippen molar-refractivity contribution in [2.45, 2.75) is 32.7 Å². The van der Waals surface area contributed by atoms with E-state index in [1.807, 2.05) is 24.8 Å². The van der Waals surface area contributed by atoms with Gasteiger partial charge >= 0.3 is 0 Å². The van der Waals surface area contributed by atoms with Crippen molar-refractivity contribution in [1.82, 2.24) is 25.0 Å². The van der Waals surface area contributed by atoms with Gasteiger partial charge in [0.1, 0.15) is 5.82 Å². The van der Waals surface area contributed by atoms with Gasteiger partial charge in [0.15, 0.2) is 5.82 Å². The number of nitrogens with one attached hydrogen (secondary N) is 1. The normalized spacial score (nSPS) is 22.3. The highest BCUT2D eigenvalue weighted by atomic mass is 16.2. The number of hydrogen-bond donors (Lipinski definition) is 1. The van der Waals surface area contributed by atoms with Crippen molar-refractivity contribution in [3.05, 3.63) is 47.5 Å². The predicted molar refractivity (Wildman–Crippen MR) is 94.9 cm³/mol. The summed E-state index contributed by atoms with van der Waals surface area (Å²) in [4.78, 5) is 21.1. The Kier molecular flexibility index (Phi) is 4.07. The summed E-state index contributed by atoms with van der Waals surface area (Å²) in [6.07, 6.45) is 0.578. The minimum atomic E-state index is 0.0915. The van der Waals surface area contributed by atoms with Gasteiger partial charge in [-0.25, -0.2) is 4.98 Å². The molecular weight excluding hydrogens is 314 g/mol. The van der Waals surface area contributed by atoms with Crippen molar-refractivity contribution in [2.24, 2.45) is 5.41 Å². The molecule has 1 unspecified atom stereocenters. The van der Waals surface area contributed by atoms with Gasteiger partial charge in [0.05, 0.1) is 0 Å². The van der Waals surface area contributed by atoms with E-state index in [1.165, 1.54) is 5.56 Å². The first-order valence-corrected chi connectivity index (χ1v) is 9.02. The van der Waals surface area contributed by atoms with E-state index in [0.717, 1.165) is 44.4 Å². The van der Waals surface area contributed by atoms with Crippen LogP contribution in [0.2, 0.25) is 0 Å². The molecule has 0 saturated carbocycles. The first-order valence-electron chi connectivity index (χ1n) is 9.02. The molecule has 25 heavy (non-hydrogen) atoms. The van der Waals surface area contributed by atoms with Crippen molar-refractivity contribution in [3.8, 4) is 0 Å². The molecule has 3 heterocycles. The van der Waals surface area contributed by atoms with E-state index in [2.05, 4.69) is 44.3 Å². The lowest BCUT2D eigenvalue weighted by molar-refractivity contribution is -0.143. The molecule has 2 aliphatic rings. The molecule has 2 fully saturated rings. The Morgan fingerprint density at radius 3 is 2.68 bits per heavy atom. The third kappa shape index (κ3) is 2.95. The highest BCUT2D eigenvalue weighted by Gasteiger charge is 2.56. The minimum Gasteiger partial charge on any atom is -0.341 e. The zero-order valence-electron chi connectivity index (χ0n) is 14.9. The largest absolute Gasteiger partial charge is 0.341 e. The van der Waals surface area contributed by atoms with Gasteiger partial charge < -0.3 is 4.90 Å². The van der Waals surface area contributed by atoms with Crippen LogP contribution in [0.4, 0.5) is 0 Å². The highest BCUT2D eigenvalue weighted by molar-refractivity contribution is 5.77. The molecule has 1 aromatic heterocycles. The van der Waals surface area contributed by atoms with Crippen molar-refractivity contribution in [1.29, 1.82) is 0 Å². The molecule has 6 nitrogen and oxygen atoms in total. The number of aromatic nitrogens is 3. The quantitative estimate of drug-likeness (QED) is 0.925. The number of hydrogen-bond acceptors (Lipinski definition) is 4. The highest BCUT2D eigenvalue weighted by Crippen LogP contribution is 2.48. The van der Waals surface area contributed by atoms with Crippen LogP contribution in [0, 0.1) is 12.3 Å². The zero-order chi connectivity index (χ0) is 17.4. The van der Waals surface area contributed by atoms with Crippen LogP contribution in [0.3, 0.4) is 0 Å². The van der Waals surface area contributed by atoms with E-state index in [0.29, 0.717) is 6.42 Å². The molecule has 1 amide bonds. The summed E-state index contributed by atoms with van der Waals surface area (Å²) >= 11 is 0. The van der Waals surface area contributed by atoms with Gasteiger partial charge in [0.25, 0.3) is 0 Å². The Bertz CT molecular complexity index is 750. The van der Waals surface area contributed by atoms with Gasteiger partial charge in [-0.05, 0) is 12.5 Å². The van der Waals surface area contributed by atoms with Crippen LogP contribution in [0.25, 0.3) is 0 Å². The van der Waals surface area contributed by atoms with Crippen LogP contribution >= 0.6 is 0 Å². The number of benzene rings is 1. The summed E-state index contributed by atoms with van der Waals surface area (Å²) in [6.45, 7) is 8.39. The SMILES string of the molecule is CCC(=O)N1CC2(CN(Cc3ccccc3)CC2c2n[nH]c(C)n2)C1. The van der Waals surface area contributed by atoms with Gasteiger partial charge in [-0.2, -0.15) is 5.10 Å². The fourth-order valence-electron chi connectivity index (χ4n) is 4.34. The van der Waals surface area contributed by atoms with E-state index < -0.39 is 0 Å². The summed E-state index contributed by atoms with van der Waals surface area (Å²) in [6, 6.07) is 10.6. The average Bonchev–Trinajstić information content (AvgIpc) is 3.17. The second-order valence-corrected chi connectivity index (χ2v) is 7.45. The second kappa shape index (κ2) is 6.26. The molecule has 132 valence electrons. The minimum absolute atomic E-state index is 0.0915. The van der Waals surface area contributed by atoms with Gasteiger partial charge in [0, 0.05) is 50.5 Å². The van der Waals surface area contributed by atoms with Crippen LogP contribution in [0.5, 0.6) is 0 Å². The van der Waals surface area contributed by atoms with E-state index >= 15 is 0 Å². The van der Waals surface area contributed by atoms with Gasteiger partial charge in [-0.15, -0.1) is 0 Å². The fourth-order valence-corrected chi connectivity index (χ4v) is 4.34. The Morgan fingerprint density at radius 2 is 2.04 bits per heavy atom. The molecule has 1 spiro atoms. The molecule has 0 aliphatic carbocycles. The van der Waals surface area contributed by atoms with Crippen molar-refractivity contribution >= 4 is 5.91 Å². The van der Waals surface area contributed by atoms with E-state index in [1.54, 1.807) is 0 Å². The van der Waals surface area contributed by atoms with Crippen LogP contribution in [-0.2, 0) is 11.3 Å². The van der Waals surface area contributed by atoms with Crippen molar-refractivity contribution in [2.75, 3.05) is 26.2 Å². The lowest BCUT2D eigenvalue weighted by Gasteiger charge is -2.50. The van der Waals surface area contributed by atoms with Gasteiger partial charge in [-0.1, -0.05) is 37.3 Å². The summed E-state index contributed by atoms with van der Waals surface area (Å²) in [5.74, 6) is 2.28. The molecule has 4 rings (SSSR count). The Balaban J connectivity index is 1.54. The maximum Gasteiger partial charge on any atom is 0.222 e. The van der Waals surface area contributed by atoms with Crippen LogP contribution < -0.4 is 0 Å². The molecule has 2 saturated heterocycles. The Hall–Kier alpha value is -2.21. The van der Waals surface area contributed by atoms with Gasteiger partial charge in [0.2, 0.25) is 5.91 Å². The molecule has 0 bridgehead atoms. The molecule has 1 N–H and O–H groups in total. The molecular formula is C19H25N5O. The van der Waals surface area contributed by atoms with Crippen molar-refractivity contribution in [3.63, 3.8) is 0 Å². The number of carbonyl (C=O) groups is 1. The number of carbonyl (C=O) groups excluding carboxylic acids is 1. The third-order valence-corrected chi connectivity index (χ3v) is 5.56. The molecule has 2 aromatic rings. The number of rotatable bonds is 4. The summed E-state index contributed by atoms with van der Waals surface area (Å²) < 4.78 is 0. The van der Waals surface area contributed by atoms with E-state index in [-0.39, 0.29) is 17.2 Å². The fraction of sp³-hybridized carbons (Fsp3) is 0.526. The summed E-state index contributed by atoms with van der Waals surface area (Å²) in [5, 5.41) is 7.42. The molecule has 6 heteroatoms. The predicted octanol–water partition coefficient (Wildman–Crippen LogP) is 1.95. The van der Waals surface area contributed by atoms with Crippen LogP contribution in [-0.4, -0.2) is 57.1 Å². The van der Waals surface area contributed by atoms with E-state index in [4.69, 9.17) is 0 Å². The van der Waals surface area contributed by atoms with Crippen molar-refractivity contribution < 1.29 is 4.79 Å². The second-order valence-electron chi connectivity index (χ2n) is 7.45. The van der Waals surface area contributed by atoms with Gasteiger partial charge in [-0.3, -0.25) is 14.8 Å². The third-order valence-electron chi connectivity index (χ3n) is 5.56. The number of aryl methyl sites for hydroxylation is 1. The maximum absolute atomic E-state index is 12.0. The maximum atomic E-state index is 12.0. The number of likely N-dealkylation sites (tertiary alicyclic amines) is 2. The van der Waals surface area contributed by atoms with E-state index in [9.17, 15) is 4.79 Å². The smallest absolute Gasteiger partial charge is 0.222 e.